The van der Waals surface area contributed by atoms with Gasteiger partial charge in [-0.1, -0.05) is 57.7 Å². The lowest BCUT2D eigenvalue weighted by Gasteiger charge is -2.19. The Morgan fingerprint density at radius 3 is 2.23 bits per heavy atom. The summed E-state index contributed by atoms with van der Waals surface area (Å²) in [4.78, 5) is 24.5. The van der Waals surface area contributed by atoms with E-state index in [1.54, 1.807) is 42.5 Å². The van der Waals surface area contributed by atoms with Crippen molar-refractivity contribution in [2.45, 2.75) is 26.2 Å². The Hall–Kier alpha value is -3.08. The SMILES string of the molecule is C=CCOc1ccccc1C(=O)NNC(=O)c1ccc(C(C)(C)C)cc1. The second-order valence-corrected chi connectivity index (χ2v) is 6.83. The Kier molecular flexibility index (Phi) is 6.17. The van der Waals surface area contributed by atoms with Crippen LogP contribution < -0.4 is 15.6 Å². The number of ether oxygens (including phenoxy) is 1. The van der Waals surface area contributed by atoms with Crippen molar-refractivity contribution in [2.24, 2.45) is 0 Å². The molecule has 0 fully saturated rings. The number of nitrogens with one attached hydrogen (secondary N) is 2. The molecule has 0 aliphatic heterocycles. The van der Waals surface area contributed by atoms with E-state index in [2.05, 4.69) is 38.2 Å². The predicted octanol–water partition coefficient (Wildman–Crippen LogP) is 3.62. The molecule has 0 radical (unpaired) electrons. The first-order valence-corrected chi connectivity index (χ1v) is 8.37. The summed E-state index contributed by atoms with van der Waals surface area (Å²) in [6.07, 6.45) is 1.59. The van der Waals surface area contributed by atoms with E-state index in [1.165, 1.54) is 0 Å². The van der Waals surface area contributed by atoms with E-state index in [9.17, 15) is 9.59 Å². The molecule has 2 rings (SSSR count). The summed E-state index contributed by atoms with van der Waals surface area (Å²) in [6.45, 7) is 10.2. The summed E-state index contributed by atoms with van der Waals surface area (Å²) < 4.78 is 5.45. The van der Waals surface area contributed by atoms with E-state index < -0.39 is 5.91 Å². The van der Waals surface area contributed by atoms with Crippen LogP contribution in [0.1, 0.15) is 47.1 Å². The minimum atomic E-state index is -0.454. The van der Waals surface area contributed by atoms with Gasteiger partial charge in [-0.3, -0.25) is 20.4 Å². The number of hydrogen-bond donors (Lipinski definition) is 2. The van der Waals surface area contributed by atoms with Crippen LogP contribution in [-0.2, 0) is 5.41 Å². The van der Waals surface area contributed by atoms with Gasteiger partial charge in [-0.2, -0.15) is 0 Å². The monoisotopic (exact) mass is 352 g/mol. The molecule has 2 aromatic carbocycles. The lowest BCUT2D eigenvalue weighted by Crippen LogP contribution is -2.41. The van der Waals surface area contributed by atoms with E-state index >= 15 is 0 Å². The van der Waals surface area contributed by atoms with Crippen molar-refractivity contribution in [3.8, 4) is 5.75 Å². The molecule has 0 heterocycles. The van der Waals surface area contributed by atoms with Crippen molar-refractivity contribution in [1.82, 2.24) is 10.9 Å². The molecule has 26 heavy (non-hydrogen) atoms. The molecular weight excluding hydrogens is 328 g/mol. The topological polar surface area (TPSA) is 67.4 Å². The van der Waals surface area contributed by atoms with Gasteiger partial charge in [0.15, 0.2) is 0 Å². The summed E-state index contributed by atoms with van der Waals surface area (Å²) in [5.74, 6) is -0.415. The van der Waals surface area contributed by atoms with Crippen LogP contribution in [0.5, 0.6) is 5.75 Å². The molecule has 0 saturated heterocycles. The Morgan fingerprint density at radius 1 is 1.00 bits per heavy atom. The first kappa shape index (κ1) is 19.2. The zero-order valence-corrected chi connectivity index (χ0v) is 15.3. The second-order valence-electron chi connectivity index (χ2n) is 6.83. The molecule has 2 aromatic rings. The van der Waals surface area contributed by atoms with Gasteiger partial charge in [-0.25, -0.2) is 0 Å². The van der Waals surface area contributed by atoms with Crippen LogP contribution in [0.25, 0.3) is 0 Å². The third kappa shape index (κ3) is 4.96. The molecule has 0 atom stereocenters. The Balaban J connectivity index is 2.01. The highest BCUT2D eigenvalue weighted by molar-refractivity contribution is 6.00. The van der Waals surface area contributed by atoms with Gasteiger partial charge in [-0.15, -0.1) is 0 Å². The van der Waals surface area contributed by atoms with Crippen molar-refractivity contribution in [1.29, 1.82) is 0 Å². The van der Waals surface area contributed by atoms with Crippen molar-refractivity contribution in [3.63, 3.8) is 0 Å². The maximum Gasteiger partial charge on any atom is 0.273 e. The van der Waals surface area contributed by atoms with Gasteiger partial charge in [0.2, 0.25) is 0 Å². The molecule has 0 aromatic heterocycles. The number of benzene rings is 2. The first-order valence-electron chi connectivity index (χ1n) is 8.37. The van der Waals surface area contributed by atoms with Gasteiger partial charge in [0, 0.05) is 5.56 Å². The third-order valence-electron chi connectivity index (χ3n) is 3.79. The molecular formula is C21H24N2O3. The molecule has 5 nitrogen and oxygen atoms in total. The highest BCUT2D eigenvalue weighted by Crippen LogP contribution is 2.22. The minimum absolute atomic E-state index is 0.0123. The Morgan fingerprint density at radius 2 is 1.62 bits per heavy atom. The minimum Gasteiger partial charge on any atom is -0.489 e. The molecule has 5 heteroatoms. The van der Waals surface area contributed by atoms with Crippen molar-refractivity contribution in [2.75, 3.05) is 6.61 Å². The average molecular weight is 352 g/mol. The normalized spacial score (nSPS) is 10.7. The van der Waals surface area contributed by atoms with Crippen LogP contribution in [0.3, 0.4) is 0 Å². The van der Waals surface area contributed by atoms with E-state index in [-0.39, 0.29) is 17.9 Å². The quantitative estimate of drug-likeness (QED) is 0.638. The largest absolute Gasteiger partial charge is 0.489 e. The molecule has 0 unspecified atom stereocenters. The number of amides is 2. The average Bonchev–Trinajstić information content (AvgIpc) is 2.63. The summed E-state index contributed by atoms with van der Waals surface area (Å²) >= 11 is 0. The smallest absolute Gasteiger partial charge is 0.273 e. The molecule has 0 aliphatic carbocycles. The lowest BCUT2D eigenvalue weighted by atomic mass is 9.87. The van der Waals surface area contributed by atoms with Crippen LogP contribution in [-0.4, -0.2) is 18.4 Å². The van der Waals surface area contributed by atoms with Crippen molar-refractivity contribution in [3.05, 3.63) is 77.9 Å². The van der Waals surface area contributed by atoms with Crippen LogP contribution >= 0.6 is 0 Å². The molecule has 2 amide bonds. The molecule has 0 spiro atoms. The van der Waals surface area contributed by atoms with Gasteiger partial charge in [0.25, 0.3) is 11.8 Å². The van der Waals surface area contributed by atoms with Crippen LogP contribution in [0.15, 0.2) is 61.2 Å². The maximum atomic E-state index is 12.3. The molecule has 0 bridgehead atoms. The molecule has 0 saturated carbocycles. The Bertz CT molecular complexity index is 790. The van der Waals surface area contributed by atoms with E-state index in [0.29, 0.717) is 16.9 Å². The highest BCUT2D eigenvalue weighted by atomic mass is 16.5. The fourth-order valence-electron chi connectivity index (χ4n) is 2.30. The van der Waals surface area contributed by atoms with Crippen LogP contribution in [0.2, 0.25) is 0 Å². The van der Waals surface area contributed by atoms with E-state index in [0.717, 1.165) is 5.56 Å². The first-order chi connectivity index (χ1) is 12.3. The molecule has 0 aliphatic rings. The second kappa shape index (κ2) is 8.34. The van der Waals surface area contributed by atoms with Gasteiger partial charge >= 0.3 is 0 Å². The number of carbonyl (C=O) groups excluding carboxylic acids is 2. The standard InChI is InChI=1S/C21H24N2O3/c1-5-14-26-18-9-7-6-8-17(18)20(25)23-22-19(24)15-10-12-16(13-11-15)21(2,3)4/h5-13H,1,14H2,2-4H3,(H,22,24)(H,23,25). The van der Waals surface area contributed by atoms with Gasteiger partial charge < -0.3 is 4.74 Å². The highest BCUT2D eigenvalue weighted by Gasteiger charge is 2.16. The molecule has 136 valence electrons. The zero-order valence-electron chi connectivity index (χ0n) is 15.3. The van der Waals surface area contributed by atoms with Gasteiger partial charge in [0.05, 0.1) is 5.56 Å². The Labute approximate surface area is 154 Å². The summed E-state index contributed by atoms with van der Waals surface area (Å²) in [5.41, 5.74) is 6.78. The summed E-state index contributed by atoms with van der Waals surface area (Å²) in [6, 6.07) is 14.1. The van der Waals surface area contributed by atoms with E-state index in [1.807, 2.05) is 12.1 Å². The molecule has 2 N–H and O–H groups in total. The predicted molar refractivity (Wildman–Crippen MR) is 102 cm³/mol. The van der Waals surface area contributed by atoms with Crippen LogP contribution in [0, 0.1) is 0 Å². The third-order valence-corrected chi connectivity index (χ3v) is 3.79. The summed E-state index contributed by atoms with van der Waals surface area (Å²) in [5, 5.41) is 0. The van der Waals surface area contributed by atoms with Crippen LogP contribution in [0.4, 0.5) is 0 Å². The summed E-state index contributed by atoms with van der Waals surface area (Å²) in [7, 11) is 0. The number of hydrazine groups is 1. The van der Waals surface area contributed by atoms with Gasteiger partial charge in [-0.05, 0) is 35.2 Å². The van der Waals surface area contributed by atoms with E-state index in [4.69, 9.17) is 4.74 Å². The number of carbonyl (C=O) groups is 2. The van der Waals surface area contributed by atoms with Crippen molar-refractivity contribution < 1.29 is 14.3 Å². The number of rotatable bonds is 5. The number of para-hydroxylation sites is 1. The fourth-order valence-corrected chi connectivity index (χ4v) is 2.30. The van der Waals surface area contributed by atoms with Crippen molar-refractivity contribution >= 4 is 11.8 Å². The zero-order chi connectivity index (χ0) is 19.2. The fraction of sp³-hybridized carbons (Fsp3) is 0.238. The number of hydrogen-bond acceptors (Lipinski definition) is 3. The van der Waals surface area contributed by atoms with Gasteiger partial charge in [0.1, 0.15) is 12.4 Å². The lowest BCUT2D eigenvalue weighted by molar-refractivity contribution is 0.0844. The maximum absolute atomic E-state index is 12.3.